The van der Waals surface area contributed by atoms with Crippen molar-refractivity contribution < 1.29 is 9.13 Å². The summed E-state index contributed by atoms with van der Waals surface area (Å²) >= 11 is 3.27. The minimum absolute atomic E-state index is 0. The molecule has 0 amide bonds. The summed E-state index contributed by atoms with van der Waals surface area (Å²) in [5.74, 6) is 0.518. The van der Waals surface area contributed by atoms with Crippen molar-refractivity contribution in [2.45, 2.75) is 6.54 Å². The first-order chi connectivity index (χ1) is 6.27. The lowest BCUT2D eigenvalue weighted by atomic mass is 10.2. The van der Waals surface area contributed by atoms with Gasteiger partial charge in [-0.15, -0.1) is 12.4 Å². The van der Waals surface area contributed by atoms with Crippen LogP contribution in [0, 0.1) is 5.82 Å². The quantitative estimate of drug-likeness (QED) is 0.789. The lowest BCUT2D eigenvalue weighted by Gasteiger charge is -2.08. The Bertz CT molecular complexity index is 335. The first kappa shape index (κ1) is 11.8. The van der Waals surface area contributed by atoms with Gasteiger partial charge in [0.25, 0.3) is 0 Å². The molecule has 0 radical (unpaired) electrons. The average molecular weight is 283 g/mol. The summed E-state index contributed by atoms with van der Waals surface area (Å²) in [4.78, 5) is 0. The minimum Gasteiger partial charge on any atom is -0.491 e. The van der Waals surface area contributed by atoms with E-state index in [4.69, 9.17) is 4.74 Å². The Labute approximate surface area is 96.4 Å². The zero-order chi connectivity index (χ0) is 9.26. The summed E-state index contributed by atoms with van der Waals surface area (Å²) in [6, 6.07) is 2.92. The largest absolute Gasteiger partial charge is 0.491 e. The molecule has 1 N–H and O–H groups in total. The van der Waals surface area contributed by atoms with Gasteiger partial charge in [-0.2, -0.15) is 0 Å². The smallest absolute Gasteiger partial charge is 0.138 e. The second-order valence-electron chi connectivity index (χ2n) is 2.90. The molecule has 1 aromatic rings. The molecule has 0 atom stereocenters. The number of benzene rings is 1. The van der Waals surface area contributed by atoms with Crippen LogP contribution in [-0.2, 0) is 6.54 Å². The maximum absolute atomic E-state index is 13.0. The Kier molecular flexibility index (Phi) is 4.16. The van der Waals surface area contributed by atoms with Crippen LogP contribution in [-0.4, -0.2) is 13.2 Å². The van der Waals surface area contributed by atoms with E-state index in [2.05, 4.69) is 21.2 Å². The molecule has 1 aliphatic heterocycles. The van der Waals surface area contributed by atoms with Crippen LogP contribution in [0.3, 0.4) is 0 Å². The fraction of sp³-hybridized carbons (Fsp3) is 0.333. The van der Waals surface area contributed by atoms with E-state index in [1.165, 1.54) is 12.1 Å². The van der Waals surface area contributed by atoms with Crippen molar-refractivity contribution in [1.29, 1.82) is 0 Å². The van der Waals surface area contributed by atoms with E-state index in [9.17, 15) is 4.39 Å². The highest BCUT2D eigenvalue weighted by Crippen LogP contribution is 2.31. The highest BCUT2D eigenvalue weighted by atomic mass is 79.9. The van der Waals surface area contributed by atoms with Crippen molar-refractivity contribution in [3.63, 3.8) is 0 Å². The van der Waals surface area contributed by atoms with Crippen molar-refractivity contribution >= 4 is 28.3 Å². The summed E-state index contributed by atoms with van der Waals surface area (Å²) in [6.45, 7) is 2.08. The number of hydrogen-bond donors (Lipinski definition) is 1. The molecule has 1 aliphatic rings. The lowest BCUT2D eigenvalue weighted by Crippen LogP contribution is -2.16. The molecular weight excluding hydrogens is 272 g/mol. The lowest BCUT2D eigenvalue weighted by molar-refractivity contribution is 0.323. The SMILES string of the molecule is Cl.Fc1cc(Br)c2c(c1)CNCCO2. The van der Waals surface area contributed by atoms with E-state index in [-0.39, 0.29) is 18.2 Å². The number of nitrogens with one attached hydrogen (secondary N) is 1. The van der Waals surface area contributed by atoms with Crippen LogP contribution in [0.2, 0.25) is 0 Å². The van der Waals surface area contributed by atoms with Gasteiger partial charge in [0.05, 0.1) is 4.47 Å². The van der Waals surface area contributed by atoms with Gasteiger partial charge in [0.2, 0.25) is 0 Å². The minimum atomic E-state index is -0.238. The molecule has 0 fully saturated rings. The number of ether oxygens (including phenoxy) is 1. The number of fused-ring (bicyclic) bond motifs is 1. The van der Waals surface area contributed by atoms with Crippen molar-refractivity contribution in [3.05, 3.63) is 28.0 Å². The molecule has 2 rings (SSSR count). The maximum Gasteiger partial charge on any atom is 0.138 e. The monoisotopic (exact) mass is 281 g/mol. The summed E-state index contributed by atoms with van der Waals surface area (Å²) in [5, 5.41) is 3.15. The fourth-order valence-electron chi connectivity index (χ4n) is 1.35. The van der Waals surface area contributed by atoms with Gasteiger partial charge < -0.3 is 10.1 Å². The first-order valence-electron chi connectivity index (χ1n) is 4.09. The highest BCUT2D eigenvalue weighted by molar-refractivity contribution is 9.10. The maximum atomic E-state index is 13.0. The number of hydrogen-bond acceptors (Lipinski definition) is 2. The Morgan fingerprint density at radius 3 is 3.00 bits per heavy atom. The molecule has 0 aliphatic carbocycles. The van der Waals surface area contributed by atoms with Gasteiger partial charge in [0.1, 0.15) is 18.2 Å². The molecule has 1 aromatic carbocycles. The van der Waals surface area contributed by atoms with Crippen LogP contribution in [0.1, 0.15) is 5.56 Å². The van der Waals surface area contributed by atoms with E-state index in [1.807, 2.05) is 0 Å². The summed E-state index contributed by atoms with van der Waals surface area (Å²) < 4.78 is 19.1. The number of rotatable bonds is 0. The van der Waals surface area contributed by atoms with Gasteiger partial charge in [0, 0.05) is 18.7 Å². The van der Waals surface area contributed by atoms with Gasteiger partial charge >= 0.3 is 0 Å². The Balaban J connectivity index is 0.000000980. The predicted molar refractivity (Wildman–Crippen MR) is 58.5 cm³/mol. The van der Waals surface area contributed by atoms with Crippen LogP contribution in [0.5, 0.6) is 5.75 Å². The third-order valence-electron chi connectivity index (χ3n) is 1.93. The van der Waals surface area contributed by atoms with Crippen LogP contribution in [0.25, 0.3) is 0 Å². The molecule has 0 unspecified atom stereocenters. The average Bonchev–Trinajstić information content (AvgIpc) is 2.28. The molecule has 0 saturated carbocycles. The Morgan fingerprint density at radius 1 is 1.43 bits per heavy atom. The second kappa shape index (κ2) is 4.96. The molecule has 0 spiro atoms. The van der Waals surface area contributed by atoms with Crippen LogP contribution in [0.4, 0.5) is 4.39 Å². The van der Waals surface area contributed by atoms with Crippen molar-refractivity contribution in [3.8, 4) is 5.75 Å². The summed E-state index contributed by atoms with van der Waals surface area (Å²) in [5.41, 5.74) is 0.865. The zero-order valence-corrected chi connectivity index (χ0v) is 9.75. The summed E-state index contributed by atoms with van der Waals surface area (Å²) in [7, 11) is 0. The molecular formula is C9H10BrClFNO. The van der Waals surface area contributed by atoms with Gasteiger partial charge in [-0.25, -0.2) is 4.39 Å². The zero-order valence-electron chi connectivity index (χ0n) is 7.35. The van der Waals surface area contributed by atoms with Gasteiger partial charge in [-0.3, -0.25) is 0 Å². The topological polar surface area (TPSA) is 21.3 Å². The highest BCUT2D eigenvalue weighted by Gasteiger charge is 2.13. The molecule has 78 valence electrons. The van der Waals surface area contributed by atoms with E-state index >= 15 is 0 Å². The van der Waals surface area contributed by atoms with E-state index in [1.54, 1.807) is 0 Å². The van der Waals surface area contributed by atoms with Gasteiger partial charge in [0.15, 0.2) is 0 Å². The summed E-state index contributed by atoms with van der Waals surface area (Å²) in [6.07, 6.45) is 0. The number of halogens is 3. The van der Waals surface area contributed by atoms with E-state index in [0.717, 1.165) is 17.9 Å². The van der Waals surface area contributed by atoms with E-state index < -0.39 is 0 Å². The van der Waals surface area contributed by atoms with Crippen LogP contribution in [0.15, 0.2) is 16.6 Å². The van der Waals surface area contributed by atoms with Gasteiger partial charge in [-0.05, 0) is 28.1 Å². The third-order valence-corrected chi connectivity index (χ3v) is 2.52. The van der Waals surface area contributed by atoms with Gasteiger partial charge in [-0.1, -0.05) is 0 Å². The predicted octanol–water partition coefficient (Wildman–Crippen LogP) is 2.49. The molecule has 0 bridgehead atoms. The van der Waals surface area contributed by atoms with Crippen LogP contribution >= 0.6 is 28.3 Å². The third kappa shape index (κ3) is 2.38. The van der Waals surface area contributed by atoms with E-state index in [0.29, 0.717) is 17.6 Å². The van der Waals surface area contributed by atoms with Crippen molar-refractivity contribution in [2.75, 3.05) is 13.2 Å². The molecule has 5 heteroatoms. The van der Waals surface area contributed by atoms with Crippen LogP contribution < -0.4 is 10.1 Å². The second-order valence-corrected chi connectivity index (χ2v) is 3.76. The Hall–Kier alpha value is -0.320. The van der Waals surface area contributed by atoms with Crippen molar-refractivity contribution in [1.82, 2.24) is 5.32 Å². The normalized spacial score (nSPS) is 14.7. The fourth-order valence-corrected chi connectivity index (χ4v) is 1.94. The molecule has 0 aromatic heterocycles. The molecule has 14 heavy (non-hydrogen) atoms. The van der Waals surface area contributed by atoms with Crippen molar-refractivity contribution in [2.24, 2.45) is 0 Å². The molecule has 1 heterocycles. The first-order valence-corrected chi connectivity index (χ1v) is 4.88. The standard InChI is InChI=1S/C9H9BrFNO.ClH/c10-8-4-7(11)3-6-5-12-1-2-13-9(6)8;/h3-4,12H,1-2,5H2;1H. The molecule has 2 nitrogen and oxygen atoms in total. The molecule has 0 saturated heterocycles. The Morgan fingerprint density at radius 2 is 2.21 bits per heavy atom.